The predicted octanol–water partition coefficient (Wildman–Crippen LogP) is 1.98. The van der Waals surface area contributed by atoms with Crippen molar-refractivity contribution in [3.63, 3.8) is 0 Å². The van der Waals surface area contributed by atoms with Gasteiger partial charge in [0.25, 0.3) is 0 Å². The normalized spacial score (nSPS) is 10.8. The van der Waals surface area contributed by atoms with E-state index in [-0.39, 0.29) is 0 Å². The Morgan fingerprint density at radius 2 is 1.88 bits per heavy atom. The Kier molecular flexibility index (Phi) is 1.86. The van der Waals surface area contributed by atoms with Crippen LogP contribution in [0.2, 0.25) is 0 Å². The topological polar surface area (TPSA) is 56.2 Å². The van der Waals surface area contributed by atoms with Gasteiger partial charge >= 0.3 is 0 Å². The maximum atomic E-state index is 5.69. The highest BCUT2D eigenvalue weighted by molar-refractivity contribution is 5.60. The first kappa shape index (κ1) is 8.91. The summed E-state index contributed by atoms with van der Waals surface area (Å²) in [5.41, 5.74) is 8.15. The molecule has 0 saturated heterocycles. The molecule has 3 rings (SSSR count). The number of rotatable bonds is 1. The van der Waals surface area contributed by atoms with E-state index >= 15 is 0 Å². The molecule has 78 valence electrons. The van der Waals surface area contributed by atoms with Crippen LogP contribution in [-0.2, 0) is 0 Å². The van der Waals surface area contributed by atoms with Crippen LogP contribution >= 0.6 is 0 Å². The summed E-state index contributed by atoms with van der Waals surface area (Å²) in [6.07, 6.45) is 1.81. The molecule has 0 fully saturated rings. The predicted molar refractivity (Wildman–Crippen MR) is 62.8 cm³/mol. The smallest absolute Gasteiger partial charge is 0.182 e. The molecule has 3 aromatic rings. The van der Waals surface area contributed by atoms with Gasteiger partial charge in [0.05, 0.1) is 0 Å². The lowest BCUT2D eigenvalue weighted by molar-refractivity contribution is 0.966. The standard InChI is InChI=1S/C12H10N4/c13-10-6-7-16-11(8-10)14-12(15-16)9-4-2-1-3-5-9/h1-8H,13H2. The van der Waals surface area contributed by atoms with Gasteiger partial charge in [0.15, 0.2) is 11.5 Å². The minimum absolute atomic E-state index is 0.694. The van der Waals surface area contributed by atoms with Crippen molar-refractivity contribution in [3.8, 4) is 11.4 Å². The Morgan fingerprint density at radius 1 is 1.06 bits per heavy atom. The van der Waals surface area contributed by atoms with Gasteiger partial charge in [0.1, 0.15) is 0 Å². The van der Waals surface area contributed by atoms with Gasteiger partial charge in [-0.25, -0.2) is 9.50 Å². The molecular formula is C12H10N4. The molecule has 0 radical (unpaired) electrons. The second-order valence-electron chi connectivity index (χ2n) is 3.56. The number of benzene rings is 1. The maximum Gasteiger partial charge on any atom is 0.182 e. The molecule has 0 amide bonds. The van der Waals surface area contributed by atoms with E-state index in [1.165, 1.54) is 0 Å². The van der Waals surface area contributed by atoms with E-state index in [9.17, 15) is 0 Å². The quantitative estimate of drug-likeness (QED) is 0.668. The molecule has 0 spiro atoms. The third-order valence-corrected chi connectivity index (χ3v) is 2.39. The third-order valence-electron chi connectivity index (χ3n) is 2.39. The summed E-state index contributed by atoms with van der Waals surface area (Å²) in [6, 6.07) is 13.5. The molecule has 16 heavy (non-hydrogen) atoms. The fourth-order valence-electron chi connectivity index (χ4n) is 1.61. The lowest BCUT2D eigenvalue weighted by Gasteiger charge is -1.91. The highest BCUT2D eigenvalue weighted by Crippen LogP contribution is 2.16. The van der Waals surface area contributed by atoms with Crippen molar-refractivity contribution in [2.24, 2.45) is 0 Å². The van der Waals surface area contributed by atoms with Crippen LogP contribution < -0.4 is 5.73 Å². The second-order valence-corrected chi connectivity index (χ2v) is 3.56. The summed E-state index contributed by atoms with van der Waals surface area (Å²) in [5, 5.41) is 4.37. The number of fused-ring (bicyclic) bond motifs is 1. The molecule has 0 unspecified atom stereocenters. The Hall–Kier alpha value is -2.36. The van der Waals surface area contributed by atoms with Crippen LogP contribution in [-0.4, -0.2) is 14.6 Å². The molecule has 0 aliphatic carbocycles. The summed E-state index contributed by atoms with van der Waals surface area (Å²) in [5.74, 6) is 0.714. The first-order valence-electron chi connectivity index (χ1n) is 5.00. The summed E-state index contributed by atoms with van der Waals surface area (Å²) < 4.78 is 1.72. The van der Waals surface area contributed by atoms with Crippen molar-refractivity contribution in [2.75, 3.05) is 5.73 Å². The Bertz CT molecular complexity index is 628. The SMILES string of the molecule is Nc1ccn2nc(-c3ccccc3)nc2c1. The number of pyridine rings is 1. The van der Waals surface area contributed by atoms with Crippen molar-refractivity contribution >= 4 is 11.3 Å². The molecule has 0 aliphatic heterocycles. The molecule has 0 atom stereocenters. The number of anilines is 1. The molecule has 1 aromatic carbocycles. The van der Waals surface area contributed by atoms with Gasteiger partial charge in [-0.2, -0.15) is 0 Å². The van der Waals surface area contributed by atoms with Crippen molar-refractivity contribution in [1.29, 1.82) is 0 Å². The number of nitrogen functional groups attached to an aromatic ring is 1. The van der Waals surface area contributed by atoms with E-state index in [1.54, 1.807) is 16.6 Å². The summed E-state index contributed by atoms with van der Waals surface area (Å²) in [7, 11) is 0. The largest absolute Gasteiger partial charge is 0.399 e. The van der Waals surface area contributed by atoms with Crippen LogP contribution in [0.15, 0.2) is 48.7 Å². The van der Waals surface area contributed by atoms with Crippen molar-refractivity contribution in [3.05, 3.63) is 48.7 Å². The second kappa shape index (κ2) is 3.34. The van der Waals surface area contributed by atoms with E-state index in [0.29, 0.717) is 11.5 Å². The van der Waals surface area contributed by atoms with Crippen LogP contribution in [0.4, 0.5) is 5.69 Å². The molecule has 0 aliphatic rings. The number of hydrogen-bond acceptors (Lipinski definition) is 3. The first-order chi connectivity index (χ1) is 7.83. The maximum absolute atomic E-state index is 5.69. The zero-order valence-corrected chi connectivity index (χ0v) is 8.54. The van der Waals surface area contributed by atoms with Gasteiger partial charge in [-0.15, -0.1) is 5.10 Å². The highest BCUT2D eigenvalue weighted by Gasteiger charge is 2.05. The highest BCUT2D eigenvalue weighted by atomic mass is 15.3. The molecule has 4 nitrogen and oxygen atoms in total. The Morgan fingerprint density at radius 3 is 2.69 bits per heavy atom. The van der Waals surface area contributed by atoms with Crippen LogP contribution in [0, 0.1) is 0 Å². The van der Waals surface area contributed by atoms with E-state index in [2.05, 4.69) is 10.1 Å². The first-order valence-corrected chi connectivity index (χ1v) is 5.00. The van der Waals surface area contributed by atoms with Crippen molar-refractivity contribution in [1.82, 2.24) is 14.6 Å². The third kappa shape index (κ3) is 1.40. The zero-order chi connectivity index (χ0) is 11.0. The van der Waals surface area contributed by atoms with Crippen LogP contribution in [0.1, 0.15) is 0 Å². The van der Waals surface area contributed by atoms with Crippen LogP contribution in [0.25, 0.3) is 17.0 Å². The number of hydrogen-bond donors (Lipinski definition) is 1. The molecule has 2 heterocycles. The van der Waals surface area contributed by atoms with Gasteiger partial charge in [0.2, 0.25) is 0 Å². The molecule has 2 aromatic heterocycles. The van der Waals surface area contributed by atoms with Gasteiger partial charge in [0, 0.05) is 23.5 Å². The average Bonchev–Trinajstić information content (AvgIpc) is 2.73. The fourth-order valence-corrected chi connectivity index (χ4v) is 1.61. The van der Waals surface area contributed by atoms with Gasteiger partial charge in [-0.05, 0) is 6.07 Å². The molecule has 0 saturated carbocycles. The van der Waals surface area contributed by atoms with Crippen LogP contribution in [0.3, 0.4) is 0 Å². The van der Waals surface area contributed by atoms with Crippen molar-refractivity contribution in [2.45, 2.75) is 0 Å². The zero-order valence-electron chi connectivity index (χ0n) is 8.54. The van der Waals surface area contributed by atoms with E-state index in [1.807, 2.05) is 36.5 Å². The van der Waals surface area contributed by atoms with E-state index in [4.69, 9.17) is 5.73 Å². The molecule has 4 heteroatoms. The fraction of sp³-hybridized carbons (Fsp3) is 0. The summed E-state index contributed by atoms with van der Waals surface area (Å²) >= 11 is 0. The monoisotopic (exact) mass is 210 g/mol. The Labute approximate surface area is 92.4 Å². The number of aromatic nitrogens is 3. The van der Waals surface area contributed by atoms with Crippen molar-refractivity contribution < 1.29 is 0 Å². The lowest BCUT2D eigenvalue weighted by Crippen LogP contribution is -1.89. The number of nitrogens with zero attached hydrogens (tertiary/aromatic N) is 3. The molecule has 0 bridgehead atoms. The lowest BCUT2D eigenvalue weighted by atomic mass is 10.2. The van der Waals surface area contributed by atoms with Gasteiger partial charge in [-0.3, -0.25) is 0 Å². The van der Waals surface area contributed by atoms with E-state index in [0.717, 1.165) is 11.2 Å². The minimum Gasteiger partial charge on any atom is -0.399 e. The van der Waals surface area contributed by atoms with E-state index < -0.39 is 0 Å². The molecule has 2 N–H and O–H groups in total. The van der Waals surface area contributed by atoms with Gasteiger partial charge in [-0.1, -0.05) is 30.3 Å². The summed E-state index contributed by atoms with van der Waals surface area (Å²) in [4.78, 5) is 4.42. The summed E-state index contributed by atoms with van der Waals surface area (Å²) in [6.45, 7) is 0. The number of nitrogens with two attached hydrogens (primary N) is 1. The van der Waals surface area contributed by atoms with Gasteiger partial charge < -0.3 is 5.73 Å². The minimum atomic E-state index is 0.694. The Balaban J connectivity index is 2.19. The molecular weight excluding hydrogens is 200 g/mol. The van der Waals surface area contributed by atoms with Crippen LogP contribution in [0.5, 0.6) is 0 Å². The average molecular weight is 210 g/mol.